The molecule has 8 nitrogen and oxygen atoms in total. The number of nitrogens with zero attached hydrogens (tertiary/aromatic N) is 2. The van der Waals surface area contributed by atoms with Gasteiger partial charge in [0.1, 0.15) is 0 Å². The monoisotopic (exact) mass is 390 g/mol. The first kappa shape index (κ1) is 24.4. The summed E-state index contributed by atoms with van der Waals surface area (Å²) in [6.07, 6.45) is 3.83. The van der Waals surface area contributed by atoms with Crippen LogP contribution in [0, 0.1) is 0 Å². The second kappa shape index (κ2) is 18.7. The highest BCUT2D eigenvalue weighted by Gasteiger charge is 1.91. The Kier molecular flexibility index (Phi) is 16.2. The third kappa shape index (κ3) is 14.4. The molecule has 1 rings (SSSR count). The van der Waals surface area contributed by atoms with E-state index in [2.05, 4.69) is 55.5 Å². The van der Waals surface area contributed by atoms with Gasteiger partial charge in [0.05, 0.1) is 13.1 Å². The Bertz CT molecular complexity index is 468. The van der Waals surface area contributed by atoms with Gasteiger partial charge in [-0.2, -0.15) is 0 Å². The van der Waals surface area contributed by atoms with Crippen LogP contribution in [0.2, 0.25) is 0 Å². The molecule has 8 N–H and O–H groups in total. The van der Waals surface area contributed by atoms with Crippen molar-refractivity contribution in [2.75, 3.05) is 78.5 Å². The first-order chi connectivity index (χ1) is 13.9. The van der Waals surface area contributed by atoms with Crippen LogP contribution >= 0.6 is 0 Å². The van der Waals surface area contributed by atoms with E-state index in [0.29, 0.717) is 13.1 Å². The molecule has 28 heavy (non-hydrogen) atoms. The molecule has 0 amide bonds. The summed E-state index contributed by atoms with van der Waals surface area (Å²) < 4.78 is 0. The zero-order valence-electron chi connectivity index (χ0n) is 17.0. The first-order valence-corrected chi connectivity index (χ1v) is 10.2. The summed E-state index contributed by atoms with van der Waals surface area (Å²) in [5.41, 5.74) is 13.0. The van der Waals surface area contributed by atoms with Gasteiger partial charge < -0.3 is 32.7 Å². The Hall–Kier alpha value is -1.68. The lowest BCUT2D eigenvalue weighted by molar-refractivity contribution is 0.619. The van der Waals surface area contributed by atoms with Crippen molar-refractivity contribution in [2.45, 2.75) is 0 Å². The van der Waals surface area contributed by atoms with Crippen LogP contribution in [0.5, 0.6) is 0 Å². The molecule has 0 aliphatic rings. The average Bonchev–Trinajstić information content (AvgIpc) is 2.72. The van der Waals surface area contributed by atoms with Crippen LogP contribution in [-0.2, 0) is 0 Å². The van der Waals surface area contributed by atoms with Gasteiger partial charge >= 0.3 is 0 Å². The average molecular weight is 391 g/mol. The summed E-state index contributed by atoms with van der Waals surface area (Å²) in [7, 11) is 0. The van der Waals surface area contributed by atoms with Gasteiger partial charge in [0.2, 0.25) is 0 Å². The largest absolute Gasteiger partial charge is 0.329 e. The Morgan fingerprint density at radius 1 is 0.571 bits per heavy atom. The lowest BCUT2D eigenvalue weighted by Gasteiger charge is -2.04. The van der Waals surface area contributed by atoms with E-state index in [1.54, 1.807) is 0 Å². The molecule has 1 aromatic carbocycles. The van der Waals surface area contributed by atoms with Crippen LogP contribution in [0.25, 0.3) is 0 Å². The highest BCUT2D eigenvalue weighted by molar-refractivity contribution is 5.84. The maximum Gasteiger partial charge on any atom is 0.0514 e. The molecule has 0 spiro atoms. The van der Waals surface area contributed by atoms with E-state index in [1.165, 1.54) is 0 Å². The molecule has 0 aliphatic carbocycles. The van der Waals surface area contributed by atoms with Gasteiger partial charge in [-0.3, -0.25) is 9.98 Å². The fourth-order valence-electron chi connectivity index (χ4n) is 2.35. The molecular formula is C20H38N8. The summed E-state index contributed by atoms with van der Waals surface area (Å²) >= 11 is 0. The van der Waals surface area contributed by atoms with Gasteiger partial charge in [0.15, 0.2) is 0 Å². The summed E-state index contributed by atoms with van der Waals surface area (Å²) in [5.74, 6) is 0. The molecule has 0 saturated carbocycles. The van der Waals surface area contributed by atoms with Gasteiger partial charge in [-0.05, 0) is 11.1 Å². The van der Waals surface area contributed by atoms with Crippen molar-refractivity contribution in [2.24, 2.45) is 21.5 Å². The molecule has 8 heteroatoms. The fourth-order valence-corrected chi connectivity index (χ4v) is 2.35. The molecule has 0 bridgehead atoms. The van der Waals surface area contributed by atoms with E-state index in [9.17, 15) is 0 Å². The van der Waals surface area contributed by atoms with E-state index in [-0.39, 0.29) is 0 Å². The normalized spacial score (nSPS) is 11.8. The number of nitrogens with one attached hydrogen (secondary N) is 4. The molecule has 0 aliphatic heterocycles. The van der Waals surface area contributed by atoms with Crippen LogP contribution in [0.1, 0.15) is 11.1 Å². The zero-order chi connectivity index (χ0) is 20.1. The molecule has 1 aromatic rings. The summed E-state index contributed by atoms with van der Waals surface area (Å²) in [5, 5.41) is 13.2. The molecule has 0 saturated heterocycles. The number of hydrogen-bond donors (Lipinski definition) is 6. The maximum absolute atomic E-state index is 5.42. The summed E-state index contributed by atoms with van der Waals surface area (Å²) in [4.78, 5) is 8.89. The predicted molar refractivity (Wildman–Crippen MR) is 121 cm³/mol. The van der Waals surface area contributed by atoms with Gasteiger partial charge in [-0.1, -0.05) is 24.3 Å². The van der Waals surface area contributed by atoms with Crippen LogP contribution in [0.15, 0.2) is 34.3 Å². The number of aliphatic imine (C=N–C) groups is 2. The third-order valence-corrected chi connectivity index (χ3v) is 3.85. The third-order valence-electron chi connectivity index (χ3n) is 3.85. The highest BCUT2D eigenvalue weighted by atomic mass is 15.0. The molecule has 0 heterocycles. The van der Waals surface area contributed by atoms with Crippen molar-refractivity contribution in [1.82, 2.24) is 21.3 Å². The second-order valence-electron chi connectivity index (χ2n) is 6.31. The minimum atomic E-state index is 0.681. The van der Waals surface area contributed by atoms with Crippen molar-refractivity contribution < 1.29 is 0 Å². The fraction of sp³-hybridized carbons (Fsp3) is 0.600. The van der Waals surface area contributed by atoms with Crippen LogP contribution < -0.4 is 32.7 Å². The Morgan fingerprint density at radius 3 is 1.29 bits per heavy atom. The van der Waals surface area contributed by atoms with E-state index in [1.807, 2.05) is 12.4 Å². The summed E-state index contributed by atoms with van der Waals surface area (Å²) in [6, 6.07) is 8.26. The van der Waals surface area contributed by atoms with Crippen LogP contribution in [-0.4, -0.2) is 91.0 Å². The standard InChI is InChI=1S/C20H38N8/c21-5-7-23-9-11-25-13-15-27-17-19-1-2-20(4-3-19)18-28-16-14-26-12-10-24-8-6-22/h1-4,17-18,23-26H,5-16,21-22H2/b27-17+,28-18+. The van der Waals surface area contributed by atoms with E-state index < -0.39 is 0 Å². The van der Waals surface area contributed by atoms with Crippen molar-refractivity contribution in [1.29, 1.82) is 0 Å². The number of rotatable bonds is 18. The smallest absolute Gasteiger partial charge is 0.0514 e. The molecule has 158 valence electrons. The molecule has 0 unspecified atom stereocenters. The quantitative estimate of drug-likeness (QED) is 0.138. The zero-order valence-corrected chi connectivity index (χ0v) is 17.0. The topological polar surface area (TPSA) is 125 Å². The van der Waals surface area contributed by atoms with Crippen LogP contribution in [0.3, 0.4) is 0 Å². The van der Waals surface area contributed by atoms with Crippen molar-refractivity contribution in [3.63, 3.8) is 0 Å². The van der Waals surface area contributed by atoms with E-state index >= 15 is 0 Å². The van der Waals surface area contributed by atoms with Crippen LogP contribution in [0.4, 0.5) is 0 Å². The number of hydrogen-bond acceptors (Lipinski definition) is 8. The number of nitrogens with two attached hydrogens (primary N) is 2. The molecular weight excluding hydrogens is 352 g/mol. The predicted octanol–water partition coefficient (Wildman–Crippen LogP) is -1.20. The van der Waals surface area contributed by atoms with Crippen molar-refractivity contribution in [3.05, 3.63) is 35.4 Å². The van der Waals surface area contributed by atoms with Gasteiger partial charge in [-0.15, -0.1) is 0 Å². The Morgan fingerprint density at radius 2 is 0.929 bits per heavy atom. The lowest BCUT2D eigenvalue weighted by atomic mass is 10.1. The molecule has 0 radical (unpaired) electrons. The minimum absolute atomic E-state index is 0.681. The summed E-state index contributed by atoms with van der Waals surface area (Å²) in [6.45, 7) is 10.1. The molecule has 0 fully saturated rings. The molecule has 0 atom stereocenters. The SMILES string of the molecule is NCCNCCNCC/N=C/c1ccc(/C=N/CCNCCNCCN)cc1. The number of benzene rings is 1. The van der Waals surface area contributed by atoms with Gasteiger partial charge in [-0.25, -0.2) is 0 Å². The molecule has 0 aromatic heterocycles. The lowest BCUT2D eigenvalue weighted by Crippen LogP contribution is -2.31. The Balaban J connectivity index is 2.08. The highest BCUT2D eigenvalue weighted by Crippen LogP contribution is 2.00. The second-order valence-corrected chi connectivity index (χ2v) is 6.31. The Labute approximate surface area is 169 Å². The van der Waals surface area contributed by atoms with Crippen molar-refractivity contribution >= 4 is 12.4 Å². The van der Waals surface area contributed by atoms with E-state index in [4.69, 9.17) is 11.5 Å². The first-order valence-electron chi connectivity index (χ1n) is 10.2. The maximum atomic E-state index is 5.42. The van der Waals surface area contributed by atoms with Gasteiger partial charge in [0.25, 0.3) is 0 Å². The van der Waals surface area contributed by atoms with Gasteiger partial charge in [0, 0.05) is 77.9 Å². The minimum Gasteiger partial charge on any atom is -0.329 e. The van der Waals surface area contributed by atoms with Crippen molar-refractivity contribution in [3.8, 4) is 0 Å². The van der Waals surface area contributed by atoms with E-state index in [0.717, 1.165) is 76.6 Å².